The number of carbonyl (C=O) groups excluding carboxylic acids is 3. The Morgan fingerprint density at radius 1 is 1.35 bits per heavy atom. The summed E-state index contributed by atoms with van der Waals surface area (Å²) in [6.07, 6.45) is 9.38. The fourth-order valence-corrected chi connectivity index (χ4v) is 2.75. The van der Waals surface area contributed by atoms with Gasteiger partial charge in [0.25, 0.3) is 5.91 Å². The molecule has 0 heterocycles. The minimum absolute atomic E-state index is 0.0237. The number of hydrogen-bond acceptors (Lipinski definition) is 7. The number of amides is 1. The smallest absolute Gasteiger partial charge is 0.328 e. The topological polar surface area (TPSA) is 118 Å². The summed E-state index contributed by atoms with van der Waals surface area (Å²) < 4.78 is 10.0. The lowest BCUT2D eigenvalue weighted by molar-refractivity contribution is -0.148. The van der Waals surface area contributed by atoms with E-state index in [2.05, 4.69) is 16.6 Å². The molecule has 0 spiro atoms. The summed E-state index contributed by atoms with van der Waals surface area (Å²) in [6, 6.07) is -0.559. The highest BCUT2D eigenvalue weighted by molar-refractivity contribution is 6.26. The quantitative estimate of drug-likeness (QED) is 0.197. The summed E-state index contributed by atoms with van der Waals surface area (Å²) in [5.41, 5.74) is 0. The molecule has 0 bridgehead atoms. The van der Waals surface area contributed by atoms with Gasteiger partial charge >= 0.3 is 5.97 Å². The molecule has 1 aliphatic rings. The largest absolute Gasteiger partial charge is 0.463 e. The monoisotopic (exact) mass is 365 g/mol. The van der Waals surface area contributed by atoms with Crippen LogP contribution in [0.5, 0.6) is 0 Å². The molecule has 2 atom stereocenters. The van der Waals surface area contributed by atoms with Crippen LogP contribution in [0, 0.1) is 17.8 Å². The van der Waals surface area contributed by atoms with Crippen molar-refractivity contribution in [3.8, 4) is 12.3 Å². The van der Waals surface area contributed by atoms with Gasteiger partial charge in [-0.05, 0) is 19.3 Å². The van der Waals surface area contributed by atoms with Crippen molar-refractivity contribution >= 4 is 23.9 Å². The summed E-state index contributed by atoms with van der Waals surface area (Å²) in [4.78, 5) is 35.6. The number of Topliss-reactive ketones (excluding diaryl/α,β-unsaturated/α-hetero) is 1. The summed E-state index contributed by atoms with van der Waals surface area (Å²) in [5, 5.41) is 12.7. The highest BCUT2D eigenvalue weighted by Crippen LogP contribution is 2.17. The molecule has 26 heavy (non-hydrogen) atoms. The van der Waals surface area contributed by atoms with E-state index in [1.807, 2.05) is 0 Å². The van der Waals surface area contributed by atoms with Crippen LogP contribution in [0.2, 0.25) is 0 Å². The fourth-order valence-electron chi connectivity index (χ4n) is 2.75. The molecule has 0 unspecified atom stereocenters. The van der Waals surface area contributed by atoms with Crippen molar-refractivity contribution in [2.24, 2.45) is 0 Å². The molecule has 8 heteroatoms. The minimum Gasteiger partial charge on any atom is -0.463 e. The summed E-state index contributed by atoms with van der Waals surface area (Å²) in [6.45, 7) is 0.699. The molecule has 1 aliphatic carbocycles. The van der Waals surface area contributed by atoms with E-state index in [9.17, 15) is 14.4 Å². The van der Waals surface area contributed by atoms with Crippen LogP contribution in [0.4, 0.5) is 0 Å². The van der Waals surface area contributed by atoms with Crippen LogP contribution >= 0.6 is 0 Å². The van der Waals surface area contributed by atoms with Crippen LogP contribution in [0.15, 0.2) is 0 Å². The first-order valence-electron chi connectivity index (χ1n) is 8.74. The summed E-state index contributed by atoms with van der Waals surface area (Å²) in [5.74, 6) is 0.420. The molecule has 1 fully saturated rings. The van der Waals surface area contributed by atoms with Crippen molar-refractivity contribution in [3.05, 3.63) is 0 Å². The van der Waals surface area contributed by atoms with Crippen molar-refractivity contribution in [2.75, 3.05) is 20.3 Å². The zero-order valence-corrected chi connectivity index (χ0v) is 15.1. The first kappa shape index (κ1) is 21.8. The normalized spacial score (nSPS) is 16.3. The van der Waals surface area contributed by atoms with Crippen LogP contribution in [0.3, 0.4) is 0 Å². The molecule has 0 saturated heterocycles. The van der Waals surface area contributed by atoms with Crippen LogP contribution in [-0.4, -0.2) is 62.3 Å². The standard InChI is InChI=1S/C18H27N3O5/c1-3-16(25-2)17(23)21-15(9-8-14(22)12-19)18(24)26-11-10-20-13-6-4-5-7-13/h1,12-13,15-16,19-20H,4-11H2,2H3,(H,21,23)/t15-,16-/m0/s1. The predicted octanol–water partition coefficient (Wildman–Crippen LogP) is 0.194. The van der Waals surface area contributed by atoms with Crippen LogP contribution in [0.25, 0.3) is 0 Å². The van der Waals surface area contributed by atoms with E-state index in [0.29, 0.717) is 18.8 Å². The third-order valence-electron chi connectivity index (χ3n) is 4.20. The number of methoxy groups -OCH3 is 1. The highest BCUT2D eigenvalue weighted by Gasteiger charge is 2.26. The lowest BCUT2D eigenvalue weighted by Gasteiger charge is -2.19. The first-order chi connectivity index (χ1) is 12.5. The molecular formula is C18H27N3O5. The molecule has 8 nitrogen and oxygen atoms in total. The van der Waals surface area contributed by atoms with Gasteiger partial charge in [-0.15, -0.1) is 6.42 Å². The number of nitrogens with one attached hydrogen (secondary N) is 3. The Kier molecular flexibility index (Phi) is 10.2. The molecule has 0 aromatic rings. The van der Waals surface area contributed by atoms with Crippen molar-refractivity contribution in [2.45, 2.75) is 56.7 Å². The Morgan fingerprint density at radius 3 is 2.62 bits per heavy atom. The minimum atomic E-state index is -1.13. The Bertz CT molecular complexity index is 537. The van der Waals surface area contributed by atoms with Gasteiger partial charge < -0.3 is 25.5 Å². The molecule has 144 valence electrons. The molecule has 0 aromatic carbocycles. The average molecular weight is 365 g/mol. The lowest BCUT2D eigenvalue weighted by Crippen LogP contribution is -2.47. The Hall–Kier alpha value is -2.24. The Labute approximate surface area is 153 Å². The Morgan fingerprint density at radius 2 is 2.04 bits per heavy atom. The average Bonchev–Trinajstić information content (AvgIpc) is 3.16. The van der Waals surface area contributed by atoms with Crippen molar-refractivity contribution in [1.82, 2.24) is 10.6 Å². The maximum Gasteiger partial charge on any atom is 0.328 e. The molecular weight excluding hydrogens is 338 g/mol. The van der Waals surface area contributed by atoms with Gasteiger partial charge in [-0.1, -0.05) is 18.8 Å². The van der Waals surface area contributed by atoms with E-state index in [0.717, 1.165) is 12.8 Å². The second-order valence-corrected chi connectivity index (χ2v) is 6.10. The predicted molar refractivity (Wildman–Crippen MR) is 95.8 cm³/mol. The van der Waals surface area contributed by atoms with Gasteiger partial charge in [0.05, 0.1) is 6.21 Å². The number of rotatable bonds is 12. The van der Waals surface area contributed by atoms with E-state index in [4.69, 9.17) is 21.3 Å². The number of ether oxygens (including phenoxy) is 2. The fraction of sp³-hybridized carbons (Fsp3) is 0.667. The number of esters is 1. The molecule has 0 aliphatic heterocycles. The van der Waals surface area contributed by atoms with Crippen LogP contribution < -0.4 is 10.6 Å². The van der Waals surface area contributed by atoms with Gasteiger partial charge in [0.1, 0.15) is 12.6 Å². The Balaban J connectivity index is 2.50. The highest BCUT2D eigenvalue weighted by atomic mass is 16.5. The summed E-state index contributed by atoms with van der Waals surface area (Å²) >= 11 is 0. The molecule has 1 rings (SSSR count). The van der Waals surface area contributed by atoms with Gasteiger partial charge in [0.15, 0.2) is 11.9 Å². The van der Waals surface area contributed by atoms with Crippen molar-refractivity contribution < 1.29 is 23.9 Å². The zero-order valence-electron chi connectivity index (χ0n) is 15.1. The number of ketones is 1. The van der Waals surface area contributed by atoms with Gasteiger partial charge in [-0.2, -0.15) is 0 Å². The second kappa shape index (κ2) is 12.2. The van der Waals surface area contributed by atoms with E-state index in [-0.39, 0.29) is 19.4 Å². The first-order valence-corrected chi connectivity index (χ1v) is 8.74. The second-order valence-electron chi connectivity index (χ2n) is 6.10. The number of carbonyl (C=O) groups is 3. The van der Waals surface area contributed by atoms with Crippen molar-refractivity contribution in [3.63, 3.8) is 0 Å². The number of terminal acetylenes is 1. The van der Waals surface area contributed by atoms with Crippen LogP contribution in [0.1, 0.15) is 38.5 Å². The molecule has 1 saturated carbocycles. The molecule has 0 radical (unpaired) electrons. The third kappa shape index (κ3) is 7.76. The van der Waals surface area contributed by atoms with Crippen LogP contribution in [-0.2, 0) is 23.9 Å². The van der Waals surface area contributed by atoms with Gasteiger partial charge in [-0.3, -0.25) is 9.59 Å². The maximum absolute atomic E-state index is 12.2. The summed E-state index contributed by atoms with van der Waals surface area (Å²) in [7, 11) is 1.28. The number of hydrogen-bond donors (Lipinski definition) is 3. The molecule has 1 amide bonds. The zero-order chi connectivity index (χ0) is 19.4. The molecule has 0 aromatic heterocycles. The van der Waals surface area contributed by atoms with Crippen molar-refractivity contribution in [1.29, 1.82) is 5.41 Å². The van der Waals surface area contributed by atoms with Gasteiger partial charge in [0.2, 0.25) is 0 Å². The van der Waals surface area contributed by atoms with E-state index in [1.165, 1.54) is 20.0 Å². The van der Waals surface area contributed by atoms with E-state index in [1.54, 1.807) is 0 Å². The van der Waals surface area contributed by atoms with E-state index < -0.39 is 29.8 Å². The molecule has 3 N–H and O–H groups in total. The van der Waals surface area contributed by atoms with E-state index >= 15 is 0 Å². The SMILES string of the molecule is C#C[C@H](OC)C(=O)N[C@@H](CCC(=O)C=N)C(=O)OCCNC1CCCC1. The lowest BCUT2D eigenvalue weighted by atomic mass is 10.1. The van der Waals surface area contributed by atoms with Gasteiger partial charge in [0, 0.05) is 26.1 Å². The third-order valence-corrected chi connectivity index (χ3v) is 4.20. The van der Waals surface area contributed by atoms with Gasteiger partial charge in [-0.25, -0.2) is 4.79 Å². The maximum atomic E-state index is 12.2.